The van der Waals surface area contributed by atoms with Crippen LogP contribution in [0.5, 0.6) is 0 Å². The zero-order chi connectivity index (χ0) is 19.7. The molecule has 0 saturated carbocycles. The van der Waals surface area contributed by atoms with Crippen molar-refractivity contribution in [3.63, 3.8) is 0 Å². The fraction of sp³-hybridized carbons (Fsp3) is 0. The van der Waals surface area contributed by atoms with E-state index in [0.29, 0.717) is 26.3 Å². The molecular formula is C18H11BrF2N2O4. The summed E-state index contributed by atoms with van der Waals surface area (Å²) in [6.07, 6.45) is 2.70. The fourth-order valence-corrected chi connectivity index (χ4v) is 2.91. The number of fused-ring (bicyclic) bond motifs is 2. The lowest BCUT2D eigenvalue weighted by Crippen LogP contribution is -1.93. The van der Waals surface area contributed by atoms with Gasteiger partial charge in [-0.05, 0) is 46.3 Å². The number of aromatic carboxylic acids is 2. The maximum absolute atomic E-state index is 13.1. The normalized spacial score (nSPS) is 10.6. The predicted molar refractivity (Wildman–Crippen MR) is 98.1 cm³/mol. The molecule has 4 aromatic rings. The average molecular weight is 437 g/mol. The van der Waals surface area contributed by atoms with E-state index in [4.69, 9.17) is 10.2 Å². The molecule has 138 valence electrons. The third-order valence-electron chi connectivity index (χ3n) is 3.83. The third-order valence-corrected chi connectivity index (χ3v) is 4.43. The summed E-state index contributed by atoms with van der Waals surface area (Å²) in [4.78, 5) is 26.9. The lowest BCUT2D eigenvalue weighted by Gasteiger charge is -1.95. The van der Waals surface area contributed by atoms with Gasteiger partial charge in [0.1, 0.15) is 11.6 Å². The molecule has 2 heterocycles. The monoisotopic (exact) mass is 436 g/mol. The van der Waals surface area contributed by atoms with Gasteiger partial charge >= 0.3 is 11.9 Å². The minimum Gasteiger partial charge on any atom is -0.478 e. The smallest absolute Gasteiger partial charge is 0.337 e. The molecule has 0 fully saturated rings. The third kappa shape index (κ3) is 3.68. The molecule has 2 aromatic heterocycles. The van der Waals surface area contributed by atoms with Crippen molar-refractivity contribution in [2.24, 2.45) is 0 Å². The summed E-state index contributed by atoms with van der Waals surface area (Å²) in [5.41, 5.74) is 1.38. The molecule has 0 amide bonds. The molecule has 0 unspecified atom stereocenters. The van der Waals surface area contributed by atoms with Crippen LogP contribution in [0.25, 0.3) is 21.8 Å². The number of carbonyl (C=O) groups is 2. The van der Waals surface area contributed by atoms with Crippen molar-refractivity contribution >= 4 is 49.7 Å². The highest BCUT2D eigenvalue weighted by Crippen LogP contribution is 2.25. The van der Waals surface area contributed by atoms with Gasteiger partial charge in [0.25, 0.3) is 0 Å². The van der Waals surface area contributed by atoms with Crippen molar-refractivity contribution in [2.75, 3.05) is 0 Å². The van der Waals surface area contributed by atoms with Gasteiger partial charge in [-0.3, -0.25) is 0 Å². The lowest BCUT2D eigenvalue weighted by molar-refractivity contribution is 0.0688. The number of H-pyrrole nitrogens is 2. The van der Waals surface area contributed by atoms with Crippen LogP contribution < -0.4 is 0 Å². The lowest BCUT2D eigenvalue weighted by atomic mass is 10.2. The Kier molecular flexibility index (Phi) is 4.95. The van der Waals surface area contributed by atoms with E-state index >= 15 is 0 Å². The summed E-state index contributed by atoms with van der Waals surface area (Å²) < 4.78 is 26.2. The first kappa shape index (κ1) is 18.6. The Labute approximate surface area is 158 Å². The molecule has 0 aliphatic carbocycles. The minimum absolute atomic E-state index is 0.0754. The Hall–Kier alpha value is -3.20. The summed E-state index contributed by atoms with van der Waals surface area (Å²) in [5.74, 6) is -3.04. The second-order valence-corrected chi connectivity index (χ2v) is 6.37. The molecule has 9 heteroatoms. The van der Waals surface area contributed by atoms with Crippen molar-refractivity contribution in [1.29, 1.82) is 0 Å². The molecule has 4 N–H and O–H groups in total. The Morgan fingerprint density at radius 1 is 0.852 bits per heavy atom. The Morgan fingerprint density at radius 3 is 2.00 bits per heavy atom. The zero-order valence-corrected chi connectivity index (χ0v) is 15.0. The predicted octanol–water partition coefficient (Wildman–Crippen LogP) is 4.77. The number of halogens is 3. The number of aromatic amines is 2. The summed E-state index contributed by atoms with van der Waals surface area (Å²) in [6.45, 7) is 0. The quantitative estimate of drug-likeness (QED) is 0.363. The van der Waals surface area contributed by atoms with Crippen LogP contribution >= 0.6 is 15.9 Å². The summed E-state index contributed by atoms with van der Waals surface area (Å²) in [5, 5.41) is 18.3. The molecule has 6 nitrogen and oxygen atoms in total. The number of carboxylic acids is 2. The van der Waals surface area contributed by atoms with E-state index in [1.54, 1.807) is 0 Å². The van der Waals surface area contributed by atoms with E-state index in [-0.39, 0.29) is 11.1 Å². The number of hydrogen-bond donors (Lipinski definition) is 4. The van der Waals surface area contributed by atoms with Crippen molar-refractivity contribution in [2.45, 2.75) is 0 Å². The number of rotatable bonds is 2. The van der Waals surface area contributed by atoms with E-state index in [1.165, 1.54) is 42.7 Å². The van der Waals surface area contributed by atoms with Gasteiger partial charge in [0.05, 0.1) is 15.6 Å². The molecule has 0 aliphatic rings. The van der Waals surface area contributed by atoms with Gasteiger partial charge in [0.15, 0.2) is 0 Å². The van der Waals surface area contributed by atoms with Crippen LogP contribution in [0, 0.1) is 11.6 Å². The van der Waals surface area contributed by atoms with Gasteiger partial charge in [-0.25, -0.2) is 18.4 Å². The van der Waals surface area contributed by atoms with E-state index in [0.717, 1.165) is 0 Å². The maximum Gasteiger partial charge on any atom is 0.337 e. The van der Waals surface area contributed by atoms with Gasteiger partial charge in [0.2, 0.25) is 0 Å². The molecule has 2 aromatic carbocycles. The SMILES string of the molecule is O=C(O)c1c[nH]c2cc(Br)c(F)cc12.O=C(O)c1c[nH]c2ccc(F)cc12. The Balaban J connectivity index is 0.000000156. The Morgan fingerprint density at radius 2 is 1.41 bits per heavy atom. The highest BCUT2D eigenvalue weighted by atomic mass is 79.9. The van der Waals surface area contributed by atoms with Crippen molar-refractivity contribution in [3.8, 4) is 0 Å². The summed E-state index contributed by atoms with van der Waals surface area (Å²) in [6, 6.07) is 6.70. The number of carboxylic acid groups (broad SMARTS) is 2. The van der Waals surface area contributed by atoms with E-state index in [2.05, 4.69) is 25.9 Å². The van der Waals surface area contributed by atoms with E-state index in [9.17, 15) is 18.4 Å². The van der Waals surface area contributed by atoms with Gasteiger partial charge in [-0.2, -0.15) is 0 Å². The van der Waals surface area contributed by atoms with Crippen LogP contribution in [-0.2, 0) is 0 Å². The van der Waals surface area contributed by atoms with E-state index in [1.807, 2.05) is 0 Å². The largest absolute Gasteiger partial charge is 0.478 e. The Bertz CT molecular complexity index is 1180. The number of benzene rings is 2. The minimum atomic E-state index is -1.07. The first-order chi connectivity index (χ1) is 12.8. The van der Waals surface area contributed by atoms with Crippen molar-refractivity contribution in [1.82, 2.24) is 9.97 Å². The molecule has 0 aliphatic heterocycles. The second kappa shape index (κ2) is 7.20. The van der Waals surface area contributed by atoms with Crippen LogP contribution in [0.2, 0.25) is 0 Å². The highest BCUT2D eigenvalue weighted by molar-refractivity contribution is 9.10. The van der Waals surface area contributed by atoms with E-state index < -0.39 is 23.6 Å². The molecule has 0 saturated heterocycles. The maximum atomic E-state index is 13.1. The zero-order valence-electron chi connectivity index (χ0n) is 13.4. The molecule has 27 heavy (non-hydrogen) atoms. The molecule has 0 bridgehead atoms. The first-order valence-corrected chi connectivity index (χ1v) is 8.26. The number of hydrogen-bond acceptors (Lipinski definition) is 2. The number of aromatic nitrogens is 2. The fourth-order valence-electron chi connectivity index (χ4n) is 2.56. The van der Waals surface area contributed by atoms with Crippen LogP contribution in [0.15, 0.2) is 47.2 Å². The molecular weight excluding hydrogens is 426 g/mol. The average Bonchev–Trinajstić information content (AvgIpc) is 3.19. The number of nitrogens with one attached hydrogen (secondary N) is 2. The van der Waals surface area contributed by atoms with Crippen LogP contribution in [0.3, 0.4) is 0 Å². The first-order valence-electron chi connectivity index (χ1n) is 7.47. The molecule has 0 spiro atoms. The van der Waals surface area contributed by atoms with Crippen molar-refractivity contribution < 1.29 is 28.6 Å². The van der Waals surface area contributed by atoms with Gasteiger partial charge < -0.3 is 20.2 Å². The topological polar surface area (TPSA) is 106 Å². The molecule has 0 radical (unpaired) electrons. The van der Waals surface area contributed by atoms with Gasteiger partial charge in [-0.1, -0.05) is 0 Å². The standard InChI is InChI=1S/C9H5BrFNO2.C9H6FNO2/c10-6-2-8-4(1-7(6)11)5(3-12-8)9(13)14;10-5-1-2-8-6(3-5)7(4-11-8)9(12)13/h1-3,12H,(H,13,14);1-4,11H,(H,12,13). The second-order valence-electron chi connectivity index (χ2n) is 5.52. The van der Waals surface area contributed by atoms with Crippen LogP contribution in [-0.4, -0.2) is 32.1 Å². The summed E-state index contributed by atoms with van der Waals surface area (Å²) >= 11 is 3.02. The van der Waals surface area contributed by atoms with Crippen LogP contribution in [0.4, 0.5) is 8.78 Å². The van der Waals surface area contributed by atoms with Crippen LogP contribution in [0.1, 0.15) is 20.7 Å². The highest BCUT2D eigenvalue weighted by Gasteiger charge is 2.12. The van der Waals surface area contributed by atoms with Crippen molar-refractivity contribution in [3.05, 3.63) is 70.0 Å². The van der Waals surface area contributed by atoms with Gasteiger partial charge in [-0.15, -0.1) is 0 Å². The molecule has 4 rings (SSSR count). The van der Waals surface area contributed by atoms with Gasteiger partial charge in [0, 0.05) is 34.2 Å². The molecule has 0 atom stereocenters. The summed E-state index contributed by atoms with van der Waals surface area (Å²) in [7, 11) is 0.